The van der Waals surface area contributed by atoms with E-state index in [9.17, 15) is 0 Å². The van der Waals surface area contributed by atoms with Crippen LogP contribution in [0, 0.1) is 5.92 Å². The fraction of sp³-hybridized carbons (Fsp3) is 0.636. The highest BCUT2D eigenvalue weighted by Crippen LogP contribution is 2.31. The first-order valence-corrected chi connectivity index (χ1v) is 6.32. The molecule has 2 rings (SSSR count). The van der Waals surface area contributed by atoms with Gasteiger partial charge >= 0.3 is 0 Å². The van der Waals surface area contributed by atoms with E-state index in [0.29, 0.717) is 6.04 Å². The van der Waals surface area contributed by atoms with Crippen LogP contribution in [0.5, 0.6) is 0 Å². The Morgan fingerprint density at radius 2 is 2.40 bits per heavy atom. The van der Waals surface area contributed by atoms with Crippen LogP contribution in [-0.4, -0.2) is 16.0 Å². The molecule has 0 saturated heterocycles. The zero-order valence-corrected chi connectivity index (χ0v) is 10.5. The molecular weight excluding hydrogens is 254 g/mol. The zero-order chi connectivity index (χ0) is 10.7. The van der Waals surface area contributed by atoms with Crippen LogP contribution in [0.15, 0.2) is 17.0 Å². The molecule has 2 atom stereocenters. The third-order valence-electron chi connectivity index (χ3n) is 3.17. The second-order valence-corrected chi connectivity index (χ2v) is 4.92. The maximum atomic E-state index is 4.24. The molecule has 0 aromatic carbocycles. The van der Waals surface area contributed by atoms with Gasteiger partial charge in [0.05, 0.1) is 4.47 Å². The first kappa shape index (κ1) is 10.9. The van der Waals surface area contributed by atoms with Gasteiger partial charge in [-0.3, -0.25) is 0 Å². The lowest BCUT2D eigenvalue weighted by Crippen LogP contribution is -2.24. The summed E-state index contributed by atoms with van der Waals surface area (Å²) in [5.41, 5.74) is 0. The summed E-state index contributed by atoms with van der Waals surface area (Å²) in [6.07, 6.45) is 8.55. The lowest BCUT2D eigenvalue weighted by atomic mass is 10.0. The van der Waals surface area contributed by atoms with Crippen molar-refractivity contribution >= 4 is 21.7 Å². The summed E-state index contributed by atoms with van der Waals surface area (Å²) in [7, 11) is 0. The second-order valence-electron chi connectivity index (χ2n) is 4.07. The van der Waals surface area contributed by atoms with Crippen LogP contribution < -0.4 is 5.32 Å². The molecule has 0 bridgehead atoms. The smallest absolute Gasteiger partial charge is 0.143 e. The van der Waals surface area contributed by atoms with Gasteiger partial charge in [0.15, 0.2) is 0 Å². The molecule has 1 aliphatic carbocycles. The van der Waals surface area contributed by atoms with E-state index >= 15 is 0 Å². The normalized spacial score (nSPS) is 25.5. The van der Waals surface area contributed by atoms with Gasteiger partial charge in [-0.25, -0.2) is 9.97 Å². The molecule has 1 aliphatic rings. The molecule has 15 heavy (non-hydrogen) atoms. The number of halogens is 1. The molecule has 1 aromatic heterocycles. The summed E-state index contributed by atoms with van der Waals surface area (Å²) >= 11 is 3.46. The molecule has 1 N–H and O–H groups in total. The molecule has 4 heteroatoms. The third kappa shape index (κ3) is 2.48. The number of rotatable bonds is 3. The number of nitrogens with one attached hydrogen (secondary N) is 1. The van der Waals surface area contributed by atoms with Gasteiger partial charge in [-0.15, -0.1) is 0 Å². The number of nitrogens with zero attached hydrogens (tertiary/aromatic N) is 2. The predicted octanol–water partition coefficient (Wildman–Crippen LogP) is 3.23. The summed E-state index contributed by atoms with van der Waals surface area (Å²) in [5.74, 6) is 1.72. The Bertz CT molecular complexity index is 329. The van der Waals surface area contributed by atoms with Crippen LogP contribution in [-0.2, 0) is 0 Å². The lowest BCUT2D eigenvalue weighted by molar-refractivity contribution is 0.488. The fourth-order valence-electron chi connectivity index (χ4n) is 2.31. The molecule has 3 nitrogen and oxygen atoms in total. The van der Waals surface area contributed by atoms with Gasteiger partial charge in [0, 0.05) is 12.2 Å². The van der Waals surface area contributed by atoms with Crippen molar-refractivity contribution in [2.24, 2.45) is 5.92 Å². The molecule has 0 radical (unpaired) electrons. The van der Waals surface area contributed by atoms with Crippen molar-refractivity contribution in [2.75, 3.05) is 5.32 Å². The van der Waals surface area contributed by atoms with Gasteiger partial charge in [0.25, 0.3) is 0 Å². The van der Waals surface area contributed by atoms with E-state index < -0.39 is 0 Å². The van der Waals surface area contributed by atoms with E-state index in [1.807, 2.05) is 0 Å². The van der Waals surface area contributed by atoms with Crippen molar-refractivity contribution < 1.29 is 0 Å². The van der Waals surface area contributed by atoms with Crippen molar-refractivity contribution in [3.8, 4) is 0 Å². The molecule has 2 unspecified atom stereocenters. The minimum absolute atomic E-state index is 0.584. The van der Waals surface area contributed by atoms with Crippen LogP contribution in [0.25, 0.3) is 0 Å². The van der Waals surface area contributed by atoms with Crippen molar-refractivity contribution in [1.29, 1.82) is 0 Å². The number of aromatic nitrogens is 2. The van der Waals surface area contributed by atoms with Gasteiger partial charge in [-0.2, -0.15) is 0 Å². The Labute approximate surface area is 98.8 Å². The van der Waals surface area contributed by atoms with E-state index in [1.165, 1.54) is 25.7 Å². The maximum absolute atomic E-state index is 4.24. The van der Waals surface area contributed by atoms with E-state index in [-0.39, 0.29) is 0 Å². The summed E-state index contributed by atoms with van der Waals surface area (Å²) in [6.45, 7) is 2.26. The number of anilines is 1. The monoisotopic (exact) mass is 269 g/mol. The van der Waals surface area contributed by atoms with Crippen molar-refractivity contribution in [3.05, 3.63) is 17.0 Å². The van der Waals surface area contributed by atoms with E-state index in [1.54, 1.807) is 12.5 Å². The summed E-state index contributed by atoms with van der Waals surface area (Å²) in [6, 6.07) is 0.584. The van der Waals surface area contributed by atoms with Crippen LogP contribution in [0.1, 0.15) is 32.6 Å². The van der Waals surface area contributed by atoms with Gasteiger partial charge in [-0.1, -0.05) is 19.8 Å². The molecule has 1 aromatic rings. The third-order valence-corrected chi connectivity index (χ3v) is 3.75. The first-order chi connectivity index (χ1) is 7.31. The van der Waals surface area contributed by atoms with Crippen LogP contribution in [0.4, 0.5) is 5.82 Å². The Balaban J connectivity index is 2.05. The lowest BCUT2D eigenvalue weighted by Gasteiger charge is -2.20. The SMILES string of the molecule is CCC1CCCC1Nc1ncncc1Br. The van der Waals surface area contributed by atoms with E-state index in [0.717, 1.165) is 16.2 Å². The highest BCUT2D eigenvalue weighted by Gasteiger charge is 2.26. The van der Waals surface area contributed by atoms with Gasteiger partial charge in [0.2, 0.25) is 0 Å². The Morgan fingerprint density at radius 1 is 1.53 bits per heavy atom. The topological polar surface area (TPSA) is 37.8 Å². The molecule has 1 heterocycles. The maximum Gasteiger partial charge on any atom is 0.143 e. The fourth-order valence-corrected chi connectivity index (χ4v) is 2.65. The van der Waals surface area contributed by atoms with Gasteiger partial charge in [0.1, 0.15) is 12.1 Å². The van der Waals surface area contributed by atoms with Crippen LogP contribution in [0.3, 0.4) is 0 Å². The average molecular weight is 270 g/mol. The molecule has 1 saturated carbocycles. The van der Waals surface area contributed by atoms with Crippen molar-refractivity contribution in [3.63, 3.8) is 0 Å². The van der Waals surface area contributed by atoms with E-state index in [4.69, 9.17) is 0 Å². The average Bonchev–Trinajstić information content (AvgIpc) is 2.69. The second kappa shape index (κ2) is 4.92. The highest BCUT2D eigenvalue weighted by atomic mass is 79.9. The zero-order valence-electron chi connectivity index (χ0n) is 8.91. The Hall–Kier alpha value is -0.640. The van der Waals surface area contributed by atoms with Gasteiger partial charge < -0.3 is 5.32 Å². The molecule has 0 amide bonds. The first-order valence-electron chi connectivity index (χ1n) is 5.53. The molecule has 0 spiro atoms. The Kier molecular flexibility index (Phi) is 3.57. The molecule has 0 aliphatic heterocycles. The molecule has 82 valence electrons. The molecule has 1 fully saturated rings. The number of hydrogen-bond donors (Lipinski definition) is 1. The minimum atomic E-state index is 0.584. The Morgan fingerprint density at radius 3 is 3.13 bits per heavy atom. The summed E-state index contributed by atoms with van der Waals surface area (Å²) < 4.78 is 0.951. The van der Waals surface area contributed by atoms with E-state index in [2.05, 4.69) is 38.1 Å². The van der Waals surface area contributed by atoms with Crippen molar-refractivity contribution in [1.82, 2.24) is 9.97 Å². The molecular formula is C11H16BrN3. The van der Waals surface area contributed by atoms with Gasteiger partial charge in [-0.05, 0) is 34.7 Å². The highest BCUT2D eigenvalue weighted by molar-refractivity contribution is 9.10. The standard InChI is InChI=1S/C11H16BrN3/c1-2-8-4-3-5-10(8)15-11-9(12)6-13-7-14-11/h6-8,10H,2-5H2,1H3,(H,13,14,15). The van der Waals surface area contributed by atoms with Crippen LogP contribution >= 0.6 is 15.9 Å². The largest absolute Gasteiger partial charge is 0.366 e. The quantitative estimate of drug-likeness (QED) is 0.916. The minimum Gasteiger partial charge on any atom is -0.366 e. The predicted molar refractivity (Wildman–Crippen MR) is 64.8 cm³/mol. The van der Waals surface area contributed by atoms with Crippen molar-refractivity contribution in [2.45, 2.75) is 38.6 Å². The summed E-state index contributed by atoms with van der Waals surface area (Å²) in [5, 5.41) is 3.51. The number of hydrogen-bond acceptors (Lipinski definition) is 3. The summed E-state index contributed by atoms with van der Waals surface area (Å²) in [4.78, 5) is 8.20. The van der Waals surface area contributed by atoms with Crippen LogP contribution in [0.2, 0.25) is 0 Å².